The van der Waals surface area contributed by atoms with Crippen LogP contribution in [-0.4, -0.2) is 21.2 Å². The van der Waals surface area contributed by atoms with Gasteiger partial charge < -0.3 is 14.4 Å². The number of rotatable bonds is 9. The Balaban J connectivity index is 1.99. The third-order valence-electron chi connectivity index (χ3n) is 5.77. The van der Waals surface area contributed by atoms with Crippen LogP contribution in [0.1, 0.15) is 37.0 Å². The molecule has 0 N–H and O–H groups in total. The summed E-state index contributed by atoms with van der Waals surface area (Å²) in [5, 5.41) is 1.30. The predicted octanol–water partition coefficient (Wildman–Crippen LogP) is 6.28. The summed E-state index contributed by atoms with van der Waals surface area (Å²) in [4.78, 5) is 2.21. The lowest BCUT2D eigenvalue weighted by atomic mass is 9.96. The van der Waals surface area contributed by atoms with Crippen LogP contribution >= 0.6 is 8.58 Å². The van der Waals surface area contributed by atoms with Crippen LogP contribution in [0, 0.1) is 6.92 Å². The van der Waals surface area contributed by atoms with Crippen LogP contribution in [-0.2, 0) is 11.8 Å². The highest BCUT2D eigenvalue weighted by Crippen LogP contribution is 2.49. The molecule has 3 nitrogen and oxygen atoms in total. The van der Waals surface area contributed by atoms with Crippen LogP contribution in [0.3, 0.4) is 0 Å². The Morgan fingerprint density at radius 1 is 0.968 bits per heavy atom. The predicted molar refractivity (Wildman–Crippen MR) is 135 cm³/mol. The highest BCUT2D eigenvalue weighted by molar-refractivity contribution is 7.49. The third-order valence-corrected chi connectivity index (χ3v) is 7.64. The minimum absolute atomic E-state index is 0.0689. The maximum atomic E-state index is 6.34. The van der Waals surface area contributed by atoms with Crippen LogP contribution < -0.4 is 19.7 Å². The van der Waals surface area contributed by atoms with Crippen molar-refractivity contribution in [3.8, 4) is 11.5 Å². The smallest absolute Gasteiger partial charge is 0.124 e. The standard InChI is InChI=1S/C27H34NO2P/c1-7-27(3,31-26-16-13-20(2)17-24(26)28(4)5)23-18-22(29-6)14-15-25(23)30-19-21-11-9-8-10-12-21/h8-18,31H,7,19H2,1-6H3. The van der Waals surface area contributed by atoms with E-state index in [-0.39, 0.29) is 5.16 Å². The fraction of sp³-hybridized carbons (Fsp3) is 0.333. The third kappa shape index (κ3) is 5.60. The van der Waals surface area contributed by atoms with E-state index in [0.717, 1.165) is 17.9 Å². The van der Waals surface area contributed by atoms with E-state index in [1.54, 1.807) is 7.11 Å². The molecule has 0 bridgehead atoms. The molecule has 0 fully saturated rings. The monoisotopic (exact) mass is 435 g/mol. The quantitative estimate of drug-likeness (QED) is 0.369. The molecule has 0 amide bonds. The zero-order valence-corrected chi connectivity index (χ0v) is 20.5. The summed E-state index contributed by atoms with van der Waals surface area (Å²) < 4.78 is 11.9. The van der Waals surface area contributed by atoms with Crippen molar-refractivity contribution in [3.63, 3.8) is 0 Å². The van der Waals surface area contributed by atoms with Gasteiger partial charge in [-0.15, -0.1) is 0 Å². The Morgan fingerprint density at radius 3 is 2.35 bits per heavy atom. The topological polar surface area (TPSA) is 21.7 Å². The molecule has 0 heterocycles. The van der Waals surface area contributed by atoms with Gasteiger partial charge in [0.25, 0.3) is 0 Å². The zero-order chi connectivity index (χ0) is 22.4. The van der Waals surface area contributed by atoms with Gasteiger partial charge >= 0.3 is 0 Å². The molecule has 0 aromatic heterocycles. The van der Waals surface area contributed by atoms with Crippen LogP contribution in [0.4, 0.5) is 5.69 Å². The zero-order valence-electron chi connectivity index (χ0n) is 19.5. The molecule has 0 aliphatic heterocycles. The fourth-order valence-corrected chi connectivity index (χ4v) is 5.38. The molecule has 3 rings (SSSR count). The molecule has 0 aliphatic rings. The van der Waals surface area contributed by atoms with Gasteiger partial charge in [0.1, 0.15) is 18.1 Å². The van der Waals surface area contributed by atoms with Gasteiger partial charge in [-0.2, -0.15) is 0 Å². The molecule has 2 atom stereocenters. The van der Waals surface area contributed by atoms with Gasteiger partial charge in [-0.05, 0) is 54.0 Å². The minimum atomic E-state index is -0.0689. The molecule has 0 saturated heterocycles. The van der Waals surface area contributed by atoms with Crippen LogP contribution in [0.25, 0.3) is 0 Å². The Labute approximate surface area is 189 Å². The number of ether oxygens (including phenoxy) is 2. The number of methoxy groups -OCH3 is 1. The summed E-state index contributed by atoms with van der Waals surface area (Å²) in [5.74, 6) is 1.79. The molecule has 0 radical (unpaired) electrons. The van der Waals surface area contributed by atoms with Crippen molar-refractivity contribution < 1.29 is 9.47 Å². The van der Waals surface area contributed by atoms with E-state index in [0.29, 0.717) is 15.2 Å². The maximum Gasteiger partial charge on any atom is 0.124 e. The highest BCUT2D eigenvalue weighted by atomic mass is 31.1. The van der Waals surface area contributed by atoms with Crippen molar-refractivity contribution >= 4 is 19.6 Å². The first kappa shape index (κ1) is 23.2. The summed E-state index contributed by atoms with van der Waals surface area (Å²) in [6, 6.07) is 23.3. The van der Waals surface area contributed by atoms with Crippen LogP contribution in [0.5, 0.6) is 11.5 Å². The SMILES string of the molecule is CCC(C)(Pc1ccc(C)cc1N(C)C)c1cc(OC)ccc1OCc1ccccc1. The first-order valence-electron chi connectivity index (χ1n) is 10.8. The van der Waals surface area contributed by atoms with E-state index in [1.165, 1.54) is 27.7 Å². The molecule has 0 saturated carbocycles. The van der Waals surface area contributed by atoms with Crippen molar-refractivity contribution in [2.45, 2.75) is 39.0 Å². The molecule has 4 heteroatoms. The average Bonchev–Trinajstić information content (AvgIpc) is 2.79. The number of hydrogen-bond donors (Lipinski definition) is 0. The number of nitrogens with zero attached hydrogens (tertiary/aromatic N) is 1. The molecule has 0 aliphatic carbocycles. The summed E-state index contributed by atoms with van der Waals surface area (Å²) in [7, 11) is 6.56. The van der Waals surface area contributed by atoms with Gasteiger partial charge in [0.05, 0.1) is 7.11 Å². The van der Waals surface area contributed by atoms with Gasteiger partial charge in [-0.3, -0.25) is 0 Å². The minimum Gasteiger partial charge on any atom is -0.497 e. The van der Waals surface area contributed by atoms with E-state index in [4.69, 9.17) is 9.47 Å². The highest BCUT2D eigenvalue weighted by Gasteiger charge is 2.30. The molecular formula is C27H34NO2P. The van der Waals surface area contributed by atoms with Gasteiger partial charge in [0.2, 0.25) is 0 Å². The van der Waals surface area contributed by atoms with Crippen molar-refractivity contribution in [2.24, 2.45) is 0 Å². The summed E-state index contributed by atoms with van der Waals surface area (Å²) in [5.41, 5.74) is 4.93. The van der Waals surface area contributed by atoms with Crippen LogP contribution in [0.2, 0.25) is 0 Å². The van der Waals surface area contributed by atoms with Gasteiger partial charge in [-0.1, -0.05) is 64.9 Å². The number of aryl methyl sites for hydroxylation is 1. The van der Waals surface area contributed by atoms with E-state index in [2.05, 4.69) is 82.2 Å². The van der Waals surface area contributed by atoms with Gasteiger partial charge in [-0.25, -0.2) is 0 Å². The molecule has 3 aromatic carbocycles. The van der Waals surface area contributed by atoms with Crippen molar-refractivity contribution in [3.05, 3.63) is 83.4 Å². The van der Waals surface area contributed by atoms with E-state index >= 15 is 0 Å². The first-order chi connectivity index (χ1) is 14.9. The summed E-state index contributed by atoms with van der Waals surface area (Å²) >= 11 is 0. The van der Waals surface area contributed by atoms with Crippen LogP contribution in [0.15, 0.2) is 66.7 Å². The second-order valence-corrected chi connectivity index (χ2v) is 10.3. The second kappa shape index (κ2) is 10.2. The van der Waals surface area contributed by atoms with E-state index in [1.807, 2.05) is 24.3 Å². The summed E-state index contributed by atoms with van der Waals surface area (Å²) in [6.07, 6.45) is 1.00. The van der Waals surface area contributed by atoms with Crippen molar-refractivity contribution in [2.75, 3.05) is 26.1 Å². The summed E-state index contributed by atoms with van der Waals surface area (Å²) in [6.45, 7) is 7.30. The molecule has 31 heavy (non-hydrogen) atoms. The Bertz CT molecular complexity index is 1000. The molecule has 2 unspecified atom stereocenters. The largest absolute Gasteiger partial charge is 0.497 e. The lowest BCUT2D eigenvalue weighted by molar-refractivity contribution is 0.299. The van der Waals surface area contributed by atoms with Crippen molar-refractivity contribution in [1.82, 2.24) is 0 Å². The Kier molecular flexibility index (Phi) is 7.62. The number of hydrogen-bond acceptors (Lipinski definition) is 3. The fourth-order valence-electron chi connectivity index (χ4n) is 3.69. The maximum absolute atomic E-state index is 6.34. The molecule has 3 aromatic rings. The Hall–Kier alpha value is -2.51. The van der Waals surface area contributed by atoms with E-state index < -0.39 is 0 Å². The van der Waals surface area contributed by atoms with Gasteiger partial charge in [0, 0.05) is 30.5 Å². The average molecular weight is 436 g/mol. The number of anilines is 1. The molecule has 0 spiro atoms. The Morgan fingerprint density at radius 2 is 1.71 bits per heavy atom. The lowest BCUT2D eigenvalue weighted by Gasteiger charge is -2.33. The second-order valence-electron chi connectivity index (χ2n) is 8.36. The number of benzene rings is 3. The lowest BCUT2D eigenvalue weighted by Crippen LogP contribution is -2.23. The van der Waals surface area contributed by atoms with Crippen molar-refractivity contribution in [1.29, 1.82) is 0 Å². The normalized spacial score (nSPS) is 13.2. The van der Waals surface area contributed by atoms with Gasteiger partial charge in [0.15, 0.2) is 0 Å². The first-order valence-corrected chi connectivity index (χ1v) is 11.8. The molecular weight excluding hydrogens is 401 g/mol. The van der Waals surface area contributed by atoms with E-state index in [9.17, 15) is 0 Å². The molecule has 164 valence electrons.